The summed E-state index contributed by atoms with van der Waals surface area (Å²) < 4.78 is 25.2. The van der Waals surface area contributed by atoms with Gasteiger partial charge in [0.2, 0.25) is 0 Å². The van der Waals surface area contributed by atoms with Crippen molar-refractivity contribution >= 4 is 0 Å². The molecule has 3 aliphatic rings. The first-order valence-electron chi connectivity index (χ1n) is 15.0. The van der Waals surface area contributed by atoms with Gasteiger partial charge >= 0.3 is 0 Å². The van der Waals surface area contributed by atoms with Crippen LogP contribution in [0.5, 0.6) is 34.5 Å². The lowest BCUT2D eigenvalue weighted by molar-refractivity contribution is 0.347. The van der Waals surface area contributed by atoms with Crippen LogP contribution >= 0.6 is 0 Å². The number of nitrogens with zero attached hydrogens (tertiary/aromatic N) is 6. The Balaban J connectivity index is 1.36. The SMILES string of the molecule is COc1cc2c(cc1OC)C1(CC2(C)C)CC(C)(C)c2cc3c(cc21)Oc1c(c(-c2nnn[nH]2)c(C)c(C)c1-c1nnn[nH]1)O3. The van der Waals surface area contributed by atoms with E-state index in [1.807, 2.05) is 13.8 Å². The van der Waals surface area contributed by atoms with Crippen molar-refractivity contribution in [2.24, 2.45) is 0 Å². The van der Waals surface area contributed by atoms with Crippen LogP contribution in [-0.4, -0.2) is 55.5 Å². The second kappa shape index (κ2) is 9.02. The van der Waals surface area contributed by atoms with Crippen molar-refractivity contribution in [3.63, 3.8) is 0 Å². The first-order valence-corrected chi connectivity index (χ1v) is 15.0. The number of methoxy groups -OCH3 is 2. The van der Waals surface area contributed by atoms with E-state index in [4.69, 9.17) is 18.9 Å². The normalized spacial score (nSPS) is 19.7. The van der Waals surface area contributed by atoms with E-state index in [0.29, 0.717) is 40.2 Å². The highest BCUT2D eigenvalue weighted by molar-refractivity contribution is 5.86. The predicted molar refractivity (Wildman–Crippen MR) is 164 cm³/mol. The number of H-pyrrole nitrogens is 2. The molecular formula is C33H34N8O4. The van der Waals surface area contributed by atoms with Crippen LogP contribution in [0.15, 0.2) is 24.3 Å². The van der Waals surface area contributed by atoms with Gasteiger partial charge in [0.05, 0.1) is 25.3 Å². The van der Waals surface area contributed by atoms with Gasteiger partial charge in [-0.05, 0) is 116 Å². The molecule has 8 rings (SSSR count). The van der Waals surface area contributed by atoms with E-state index in [9.17, 15) is 0 Å². The molecule has 0 bridgehead atoms. The van der Waals surface area contributed by atoms with Gasteiger partial charge in [-0.25, -0.2) is 10.2 Å². The van der Waals surface area contributed by atoms with Gasteiger partial charge in [0.15, 0.2) is 46.1 Å². The van der Waals surface area contributed by atoms with Crippen molar-refractivity contribution < 1.29 is 18.9 Å². The van der Waals surface area contributed by atoms with Crippen LogP contribution in [0.3, 0.4) is 0 Å². The topological polar surface area (TPSA) is 146 Å². The summed E-state index contributed by atoms with van der Waals surface area (Å²) >= 11 is 0. The van der Waals surface area contributed by atoms with Gasteiger partial charge in [-0.1, -0.05) is 27.7 Å². The number of fused-ring (bicyclic) bond motifs is 6. The summed E-state index contributed by atoms with van der Waals surface area (Å²) in [6.07, 6.45) is 1.87. The largest absolute Gasteiger partial charge is 0.493 e. The maximum Gasteiger partial charge on any atom is 0.183 e. The number of benzene rings is 3. The van der Waals surface area contributed by atoms with Gasteiger partial charge in [0.25, 0.3) is 0 Å². The minimum atomic E-state index is -0.257. The summed E-state index contributed by atoms with van der Waals surface area (Å²) in [6.45, 7) is 13.2. The minimum absolute atomic E-state index is 0.0897. The molecule has 2 N–H and O–H groups in total. The summed E-state index contributed by atoms with van der Waals surface area (Å²) in [4.78, 5) is 0. The average molecular weight is 607 g/mol. The molecule has 3 heterocycles. The van der Waals surface area contributed by atoms with Crippen LogP contribution in [0, 0.1) is 13.8 Å². The van der Waals surface area contributed by atoms with Crippen molar-refractivity contribution in [1.29, 1.82) is 0 Å². The first kappa shape index (κ1) is 27.5. The molecule has 1 spiro atoms. The average Bonchev–Trinajstić information content (AvgIpc) is 3.80. The lowest BCUT2D eigenvalue weighted by Crippen LogP contribution is -2.27. The Bertz CT molecular complexity index is 2020. The second-order valence-corrected chi connectivity index (χ2v) is 13.7. The fourth-order valence-corrected chi connectivity index (χ4v) is 8.26. The van der Waals surface area contributed by atoms with Gasteiger partial charge in [0.1, 0.15) is 0 Å². The Kier molecular flexibility index (Phi) is 5.52. The summed E-state index contributed by atoms with van der Waals surface area (Å²) in [5, 5.41) is 29.6. The van der Waals surface area contributed by atoms with Crippen molar-refractivity contribution in [2.45, 2.75) is 70.6 Å². The molecule has 230 valence electrons. The van der Waals surface area contributed by atoms with E-state index in [0.717, 1.165) is 41.0 Å². The molecule has 45 heavy (non-hydrogen) atoms. The third-order valence-electron chi connectivity index (χ3n) is 10.1. The molecule has 1 atom stereocenters. The molecule has 0 radical (unpaired) electrons. The Morgan fingerprint density at radius 2 is 1.07 bits per heavy atom. The van der Waals surface area contributed by atoms with E-state index < -0.39 is 0 Å². The van der Waals surface area contributed by atoms with Gasteiger partial charge in [-0.3, -0.25) is 0 Å². The molecule has 2 aromatic heterocycles. The summed E-state index contributed by atoms with van der Waals surface area (Å²) in [5.74, 6) is 4.71. The number of tetrazole rings is 2. The Morgan fingerprint density at radius 3 is 1.51 bits per heavy atom. The van der Waals surface area contributed by atoms with E-state index in [2.05, 4.69) is 93.2 Å². The number of nitrogens with one attached hydrogen (secondary N) is 2. The lowest BCUT2D eigenvalue weighted by atomic mass is 9.72. The molecule has 12 heteroatoms. The molecule has 1 unspecified atom stereocenters. The first-order chi connectivity index (χ1) is 21.5. The zero-order chi connectivity index (χ0) is 31.5. The van der Waals surface area contributed by atoms with Gasteiger partial charge in [-0.2, -0.15) is 0 Å². The van der Waals surface area contributed by atoms with Crippen LogP contribution in [0.2, 0.25) is 0 Å². The van der Waals surface area contributed by atoms with Crippen molar-refractivity contribution in [1.82, 2.24) is 41.2 Å². The quantitative estimate of drug-likeness (QED) is 0.237. The Hall–Kier alpha value is -5.00. The van der Waals surface area contributed by atoms with Crippen LogP contribution in [-0.2, 0) is 16.2 Å². The molecule has 2 aliphatic carbocycles. The summed E-state index contributed by atoms with van der Waals surface area (Å²) in [5.41, 5.74) is 7.80. The third-order valence-corrected chi connectivity index (χ3v) is 10.1. The molecule has 0 saturated heterocycles. The highest BCUT2D eigenvalue weighted by Gasteiger charge is 2.57. The lowest BCUT2D eigenvalue weighted by Gasteiger charge is -2.31. The van der Waals surface area contributed by atoms with E-state index in [-0.39, 0.29) is 16.2 Å². The molecule has 12 nitrogen and oxygen atoms in total. The van der Waals surface area contributed by atoms with E-state index in [1.54, 1.807) is 14.2 Å². The fraction of sp³-hybridized carbons (Fsp3) is 0.394. The van der Waals surface area contributed by atoms with Crippen LogP contribution in [0.1, 0.15) is 73.9 Å². The third kappa shape index (κ3) is 3.65. The van der Waals surface area contributed by atoms with Gasteiger partial charge in [0, 0.05) is 5.41 Å². The number of aromatic amines is 2. The maximum atomic E-state index is 6.86. The summed E-state index contributed by atoms with van der Waals surface area (Å²) in [7, 11) is 3.38. The molecule has 3 aromatic carbocycles. The molecule has 0 amide bonds. The maximum absolute atomic E-state index is 6.86. The van der Waals surface area contributed by atoms with Crippen LogP contribution in [0.4, 0.5) is 0 Å². The number of rotatable bonds is 4. The number of hydrogen-bond acceptors (Lipinski definition) is 10. The van der Waals surface area contributed by atoms with Gasteiger partial charge in [-0.15, -0.1) is 10.2 Å². The van der Waals surface area contributed by atoms with Crippen molar-refractivity contribution in [3.8, 4) is 57.3 Å². The predicted octanol–water partition coefficient (Wildman–Crippen LogP) is 6.23. The Labute approximate surface area is 259 Å². The smallest absolute Gasteiger partial charge is 0.183 e. The molecular weight excluding hydrogens is 572 g/mol. The van der Waals surface area contributed by atoms with Gasteiger partial charge < -0.3 is 18.9 Å². The number of ether oxygens (including phenoxy) is 4. The molecule has 0 saturated carbocycles. The van der Waals surface area contributed by atoms with E-state index in [1.165, 1.54) is 22.3 Å². The molecule has 1 aliphatic heterocycles. The second-order valence-electron chi connectivity index (χ2n) is 13.7. The molecule has 5 aromatic rings. The minimum Gasteiger partial charge on any atom is -0.493 e. The van der Waals surface area contributed by atoms with Crippen LogP contribution < -0.4 is 18.9 Å². The van der Waals surface area contributed by atoms with Crippen molar-refractivity contribution in [3.05, 3.63) is 57.6 Å². The fourth-order valence-electron chi connectivity index (χ4n) is 8.26. The standard InChI is InChI=1S/C33H34N8O4/c1-15-16(2)26(30-36-40-41-37-30)28-27(25(15)29-34-38-39-35-29)44-23-10-18-20(12-24(23)45-28)33(14-32(18,5)6)13-31(3,4)17-9-21(42-7)22(43-8)11-19(17)33/h9-12H,13-14H2,1-8H3,(H,34,35,38,39)(H,36,37,40,41). The Morgan fingerprint density at radius 1 is 0.644 bits per heavy atom. The zero-order valence-corrected chi connectivity index (χ0v) is 26.5. The monoisotopic (exact) mass is 606 g/mol. The number of hydrogen-bond donors (Lipinski definition) is 2. The molecule has 0 fully saturated rings. The highest BCUT2D eigenvalue weighted by atomic mass is 16.6. The zero-order valence-electron chi connectivity index (χ0n) is 26.5. The summed E-state index contributed by atoms with van der Waals surface area (Å²) in [6, 6.07) is 8.67. The van der Waals surface area contributed by atoms with Crippen molar-refractivity contribution in [2.75, 3.05) is 14.2 Å². The number of aromatic nitrogens is 8. The van der Waals surface area contributed by atoms with Crippen LogP contribution in [0.25, 0.3) is 22.8 Å². The van der Waals surface area contributed by atoms with E-state index >= 15 is 0 Å². The highest BCUT2D eigenvalue weighted by Crippen LogP contribution is 2.66.